The minimum absolute atomic E-state index is 0.230. The highest BCUT2D eigenvalue weighted by Crippen LogP contribution is 2.33. The van der Waals surface area contributed by atoms with Crippen LogP contribution in [0.1, 0.15) is 41.4 Å². The van der Waals surface area contributed by atoms with Crippen LogP contribution in [-0.2, 0) is 6.54 Å². The molecule has 0 aliphatic carbocycles. The molecular formula is C25H28FN3O. The van der Waals surface area contributed by atoms with E-state index in [9.17, 15) is 4.39 Å². The second kappa shape index (κ2) is 8.92. The Balaban J connectivity index is 1.56. The molecule has 1 aliphatic rings. The molecule has 30 heavy (non-hydrogen) atoms. The van der Waals surface area contributed by atoms with Gasteiger partial charge >= 0.3 is 0 Å². The summed E-state index contributed by atoms with van der Waals surface area (Å²) in [5.41, 5.74) is 5.51. The molecule has 3 aromatic rings. The van der Waals surface area contributed by atoms with Crippen molar-refractivity contribution in [3.63, 3.8) is 0 Å². The first-order chi connectivity index (χ1) is 14.5. The highest BCUT2D eigenvalue weighted by molar-refractivity contribution is 5.65. The SMILES string of the molecule is COc1ccc(CN2CCCC(c3nc(C)ncc3-c3ccc(F)cc3)C2)cc1C. The van der Waals surface area contributed by atoms with Gasteiger partial charge in [0.05, 0.1) is 12.8 Å². The van der Waals surface area contributed by atoms with Crippen molar-refractivity contribution in [2.75, 3.05) is 20.2 Å². The van der Waals surface area contributed by atoms with Gasteiger partial charge in [-0.15, -0.1) is 0 Å². The van der Waals surface area contributed by atoms with E-state index in [2.05, 4.69) is 28.9 Å². The number of ether oxygens (including phenoxy) is 1. The number of aryl methyl sites for hydroxylation is 2. The third-order valence-electron chi connectivity index (χ3n) is 5.85. The van der Waals surface area contributed by atoms with Gasteiger partial charge in [-0.1, -0.05) is 24.3 Å². The zero-order valence-corrected chi connectivity index (χ0v) is 17.9. The van der Waals surface area contributed by atoms with Gasteiger partial charge < -0.3 is 4.74 Å². The second-order valence-electron chi connectivity index (χ2n) is 8.10. The average Bonchev–Trinajstić information content (AvgIpc) is 2.75. The summed E-state index contributed by atoms with van der Waals surface area (Å²) in [6.45, 7) is 6.96. The molecular weight excluding hydrogens is 377 g/mol. The fourth-order valence-electron chi connectivity index (χ4n) is 4.37. The maximum absolute atomic E-state index is 13.4. The highest BCUT2D eigenvalue weighted by atomic mass is 19.1. The molecule has 1 fully saturated rings. The number of rotatable bonds is 5. The van der Waals surface area contributed by atoms with Crippen molar-refractivity contribution < 1.29 is 9.13 Å². The predicted molar refractivity (Wildman–Crippen MR) is 117 cm³/mol. The number of aromatic nitrogens is 2. The largest absolute Gasteiger partial charge is 0.496 e. The predicted octanol–water partition coefficient (Wildman–Crippen LogP) is 5.29. The van der Waals surface area contributed by atoms with E-state index in [4.69, 9.17) is 9.72 Å². The lowest BCUT2D eigenvalue weighted by atomic mass is 9.89. The molecule has 1 atom stereocenters. The summed E-state index contributed by atoms with van der Waals surface area (Å²) in [4.78, 5) is 11.7. The molecule has 0 radical (unpaired) electrons. The van der Waals surface area contributed by atoms with Gasteiger partial charge in [0, 0.05) is 30.8 Å². The van der Waals surface area contributed by atoms with Crippen molar-refractivity contribution in [3.05, 3.63) is 77.1 Å². The normalized spacial score (nSPS) is 17.1. The van der Waals surface area contributed by atoms with Crippen LogP contribution in [0.15, 0.2) is 48.7 Å². The minimum Gasteiger partial charge on any atom is -0.496 e. The zero-order chi connectivity index (χ0) is 21.1. The van der Waals surface area contributed by atoms with Crippen LogP contribution < -0.4 is 4.74 Å². The Morgan fingerprint density at radius 3 is 2.67 bits per heavy atom. The number of methoxy groups -OCH3 is 1. The van der Waals surface area contributed by atoms with Gasteiger partial charge in [-0.05, 0) is 68.1 Å². The van der Waals surface area contributed by atoms with E-state index in [0.717, 1.165) is 66.4 Å². The Morgan fingerprint density at radius 1 is 1.13 bits per heavy atom. The quantitative estimate of drug-likeness (QED) is 0.578. The lowest BCUT2D eigenvalue weighted by molar-refractivity contribution is 0.198. The van der Waals surface area contributed by atoms with Crippen molar-refractivity contribution in [2.24, 2.45) is 0 Å². The summed E-state index contributed by atoms with van der Waals surface area (Å²) in [6, 6.07) is 13.0. The highest BCUT2D eigenvalue weighted by Gasteiger charge is 2.25. The topological polar surface area (TPSA) is 38.2 Å². The molecule has 5 heteroatoms. The molecule has 1 saturated heterocycles. The van der Waals surface area contributed by atoms with Crippen LogP contribution in [0.25, 0.3) is 11.1 Å². The summed E-state index contributed by atoms with van der Waals surface area (Å²) in [6.07, 6.45) is 4.12. The molecule has 1 aromatic heterocycles. The summed E-state index contributed by atoms with van der Waals surface area (Å²) >= 11 is 0. The van der Waals surface area contributed by atoms with E-state index in [-0.39, 0.29) is 5.82 Å². The molecule has 1 aliphatic heterocycles. The molecule has 2 aromatic carbocycles. The molecule has 0 spiro atoms. The molecule has 0 saturated carbocycles. The molecule has 0 N–H and O–H groups in total. The van der Waals surface area contributed by atoms with Crippen LogP contribution in [0.5, 0.6) is 5.75 Å². The molecule has 4 rings (SSSR count). The van der Waals surface area contributed by atoms with E-state index < -0.39 is 0 Å². The fraction of sp³-hybridized carbons (Fsp3) is 0.360. The van der Waals surface area contributed by atoms with Gasteiger partial charge in [0.25, 0.3) is 0 Å². The van der Waals surface area contributed by atoms with E-state index in [1.54, 1.807) is 7.11 Å². The number of hydrogen-bond donors (Lipinski definition) is 0. The van der Waals surface area contributed by atoms with E-state index in [1.807, 2.05) is 31.3 Å². The monoisotopic (exact) mass is 405 g/mol. The summed E-state index contributed by atoms with van der Waals surface area (Å²) < 4.78 is 18.8. The first-order valence-corrected chi connectivity index (χ1v) is 10.5. The zero-order valence-electron chi connectivity index (χ0n) is 17.9. The molecule has 4 nitrogen and oxygen atoms in total. The smallest absolute Gasteiger partial charge is 0.125 e. The van der Waals surface area contributed by atoms with Crippen LogP contribution in [-0.4, -0.2) is 35.1 Å². The number of likely N-dealkylation sites (tertiary alicyclic amines) is 1. The van der Waals surface area contributed by atoms with E-state index >= 15 is 0 Å². The fourth-order valence-corrected chi connectivity index (χ4v) is 4.37. The number of piperidine rings is 1. The number of nitrogens with zero attached hydrogens (tertiary/aromatic N) is 3. The maximum atomic E-state index is 13.4. The van der Waals surface area contributed by atoms with Crippen molar-refractivity contribution in [3.8, 4) is 16.9 Å². The standard InChI is InChI=1S/C25H28FN3O/c1-17-13-19(6-11-24(17)30-3)15-29-12-4-5-21(16-29)25-23(14-27-18(2)28-25)20-7-9-22(26)10-8-20/h6-11,13-14,21H,4-5,12,15-16H2,1-3H3. The van der Waals surface area contributed by atoms with Gasteiger partial charge in [0.1, 0.15) is 17.4 Å². The maximum Gasteiger partial charge on any atom is 0.125 e. The minimum atomic E-state index is -0.230. The van der Waals surface area contributed by atoms with Gasteiger partial charge in [0.2, 0.25) is 0 Å². The van der Waals surface area contributed by atoms with Crippen molar-refractivity contribution in [1.29, 1.82) is 0 Å². The van der Waals surface area contributed by atoms with Crippen LogP contribution in [0.2, 0.25) is 0 Å². The average molecular weight is 406 g/mol. The van der Waals surface area contributed by atoms with Crippen molar-refractivity contribution >= 4 is 0 Å². The molecule has 1 unspecified atom stereocenters. The molecule has 2 heterocycles. The first kappa shape index (κ1) is 20.5. The number of hydrogen-bond acceptors (Lipinski definition) is 4. The van der Waals surface area contributed by atoms with Crippen LogP contribution in [0.4, 0.5) is 4.39 Å². The summed E-state index contributed by atoms with van der Waals surface area (Å²) in [5.74, 6) is 1.81. The third kappa shape index (κ3) is 4.51. The van der Waals surface area contributed by atoms with E-state index in [1.165, 1.54) is 17.7 Å². The van der Waals surface area contributed by atoms with Crippen molar-refractivity contribution in [2.45, 2.75) is 39.2 Å². The van der Waals surface area contributed by atoms with Gasteiger partial charge in [-0.3, -0.25) is 4.90 Å². The number of halogens is 1. The van der Waals surface area contributed by atoms with Gasteiger partial charge in [-0.2, -0.15) is 0 Å². The number of benzene rings is 2. The lowest BCUT2D eigenvalue weighted by Crippen LogP contribution is -2.34. The molecule has 0 bridgehead atoms. The summed E-state index contributed by atoms with van der Waals surface area (Å²) in [7, 11) is 1.71. The Labute approximate surface area is 177 Å². The van der Waals surface area contributed by atoms with Gasteiger partial charge in [0.15, 0.2) is 0 Å². The third-order valence-corrected chi connectivity index (χ3v) is 5.85. The Hall–Kier alpha value is -2.79. The lowest BCUT2D eigenvalue weighted by Gasteiger charge is -2.33. The Bertz CT molecular complexity index is 1020. The van der Waals surface area contributed by atoms with E-state index in [0.29, 0.717) is 5.92 Å². The van der Waals surface area contributed by atoms with Crippen LogP contribution in [0, 0.1) is 19.7 Å². The second-order valence-corrected chi connectivity index (χ2v) is 8.10. The molecule has 156 valence electrons. The van der Waals surface area contributed by atoms with Gasteiger partial charge in [-0.25, -0.2) is 14.4 Å². The summed E-state index contributed by atoms with van der Waals surface area (Å²) in [5, 5.41) is 0. The Morgan fingerprint density at radius 2 is 1.93 bits per heavy atom. The molecule has 0 amide bonds. The van der Waals surface area contributed by atoms with Crippen LogP contribution >= 0.6 is 0 Å². The van der Waals surface area contributed by atoms with Crippen molar-refractivity contribution in [1.82, 2.24) is 14.9 Å². The first-order valence-electron chi connectivity index (χ1n) is 10.5. The Kier molecular flexibility index (Phi) is 6.09. The van der Waals surface area contributed by atoms with Crippen LogP contribution in [0.3, 0.4) is 0 Å².